The maximum Gasteiger partial charge on any atom is 0.255 e. The summed E-state index contributed by atoms with van der Waals surface area (Å²) < 4.78 is 16.7. The number of Topliss-reactive ketones (excluding diaryl/α,β-unsaturated/α-hetero) is 1. The SMILES string of the molecule is COc1cc([C@H]2C(C(=O)Nc3ccc(C)cn3)=C(C)NC3=C2C(=O)CC(C)(C)C3)cc(OC)c1OC. The Balaban J connectivity index is 1.89. The van der Waals surface area contributed by atoms with Crippen molar-refractivity contribution in [2.75, 3.05) is 26.6 Å². The second-order valence-electron chi connectivity index (χ2n) is 10.1. The number of nitrogens with one attached hydrogen (secondary N) is 2. The molecule has 8 heteroatoms. The second-order valence-corrected chi connectivity index (χ2v) is 10.1. The zero-order valence-corrected chi connectivity index (χ0v) is 21.9. The van der Waals surface area contributed by atoms with E-state index in [1.807, 2.05) is 19.9 Å². The van der Waals surface area contributed by atoms with Gasteiger partial charge in [-0.1, -0.05) is 19.9 Å². The first kappa shape index (κ1) is 25.3. The number of carbonyl (C=O) groups is 2. The van der Waals surface area contributed by atoms with Crippen LogP contribution in [0.25, 0.3) is 0 Å². The molecule has 1 aliphatic heterocycles. The van der Waals surface area contributed by atoms with Crippen molar-refractivity contribution in [3.8, 4) is 17.2 Å². The molecule has 1 aromatic heterocycles. The van der Waals surface area contributed by atoms with E-state index in [2.05, 4.69) is 29.5 Å². The van der Waals surface area contributed by atoms with Gasteiger partial charge in [0.05, 0.1) is 21.3 Å². The Morgan fingerprint density at radius 2 is 1.72 bits per heavy atom. The summed E-state index contributed by atoms with van der Waals surface area (Å²) >= 11 is 0. The fourth-order valence-corrected chi connectivity index (χ4v) is 5.06. The van der Waals surface area contributed by atoms with Crippen LogP contribution in [0.3, 0.4) is 0 Å². The van der Waals surface area contributed by atoms with Crippen LogP contribution in [0.1, 0.15) is 50.7 Å². The van der Waals surface area contributed by atoms with Crippen molar-refractivity contribution in [3.05, 3.63) is 64.1 Å². The third-order valence-corrected chi connectivity index (χ3v) is 6.66. The number of anilines is 1. The number of methoxy groups -OCH3 is 3. The number of carbonyl (C=O) groups excluding carboxylic acids is 2. The van der Waals surface area contributed by atoms with Crippen LogP contribution in [-0.4, -0.2) is 38.0 Å². The van der Waals surface area contributed by atoms with E-state index in [-0.39, 0.29) is 17.1 Å². The number of hydrogen-bond acceptors (Lipinski definition) is 7. The van der Waals surface area contributed by atoms with Gasteiger partial charge in [0.1, 0.15) is 5.82 Å². The third-order valence-electron chi connectivity index (χ3n) is 6.66. The summed E-state index contributed by atoms with van der Waals surface area (Å²) in [6, 6.07) is 7.25. The van der Waals surface area contributed by atoms with Gasteiger partial charge in [0.15, 0.2) is 17.3 Å². The molecular weight excluding hydrogens is 458 g/mol. The monoisotopic (exact) mass is 491 g/mol. The number of ketones is 1. The number of amides is 1. The van der Waals surface area contributed by atoms with E-state index in [4.69, 9.17) is 14.2 Å². The highest BCUT2D eigenvalue weighted by Crippen LogP contribution is 2.49. The molecule has 2 heterocycles. The maximum atomic E-state index is 13.7. The summed E-state index contributed by atoms with van der Waals surface area (Å²) in [6.45, 7) is 7.95. The smallest absolute Gasteiger partial charge is 0.255 e. The number of dihydropyridines is 1. The number of ether oxygens (including phenoxy) is 3. The number of benzene rings is 1. The number of rotatable bonds is 6. The zero-order valence-electron chi connectivity index (χ0n) is 21.9. The van der Waals surface area contributed by atoms with Crippen LogP contribution in [0.2, 0.25) is 0 Å². The Hall–Kier alpha value is -3.81. The predicted octanol–water partition coefficient (Wildman–Crippen LogP) is 4.66. The molecule has 0 fully saturated rings. The lowest BCUT2D eigenvalue weighted by Crippen LogP contribution is -2.39. The summed E-state index contributed by atoms with van der Waals surface area (Å²) in [7, 11) is 4.62. The molecule has 0 bridgehead atoms. The molecule has 190 valence electrons. The molecule has 2 aliphatic rings. The highest BCUT2D eigenvalue weighted by atomic mass is 16.5. The molecule has 36 heavy (non-hydrogen) atoms. The molecular formula is C28H33N3O5. The largest absolute Gasteiger partial charge is 0.493 e. The molecule has 0 saturated heterocycles. The van der Waals surface area contributed by atoms with Crippen LogP contribution in [-0.2, 0) is 9.59 Å². The lowest BCUT2D eigenvalue weighted by atomic mass is 9.68. The minimum atomic E-state index is -0.621. The summed E-state index contributed by atoms with van der Waals surface area (Å²) in [5.41, 5.74) is 4.07. The molecule has 2 aromatic rings. The number of aryl methyl sites for hydroxylation is 1. The zero-order chi connectivity index (χ0) is 26.2. The van der Waals surface area contributed by atoms with E-state index in [1.54, 1.807) is 38.6 Å². The molecule has 0 saturated carbocycles. The van der Waals surface area contributed by atoms with Gasteiger partial charge in [-0.15, -0.1) is 0 Å². The van der Waals surface area contributed by atoms with Crippen molar-refractivity contribution in [1.29, 1.82) is 0 Å². The Morgan fingerprint density at radius 3 is 2.28 bits per heavy atom. The van der Waals surface area contributed by atoms with Crippen LogP contribution >= 0.6 is 0 Å². The lowest BCUT2D eigenvalue weighted by Gasteiger charge is -2.39. The lowest BCUT2D eigenvalue weighted by molar-refractivity contribution is -0.118. The van der Waals surface area contributed by atoms with E-state index in [0.29, 0.717) is 58.3 Å². The van der Waals surface area contributed by atoms with Gasteiger partial charge >= 0.3 is 0 Å². The van der Waals surface area contributed by atoms with Gasteiger partial charge in [-0.25, -0.2) is 4.98 Å². The molecule has 1 amide bonds. The van der Waals surface area contributed by atoms with Crippen molar-refractivity contribution in [2.24, 2.45) is 5.41 Å². The fourth-order valence-electron chi connectivity index (χ4n) is 5.06. The van der Waals surface area contributed by atoms with Crippen LogP contribution in [0.4, 0.5) is 5.82 Å². The average molecular weight is 492 g/mol. The van der Waals surface area contributed by atoms with Gasteiger partial charge in [0, 0.05) is 41.1 Å². The standard InChI is InChI=1S/C28H33N3O5/c1-15-8-9-22(29-14-15)31-27(33)23-16(2)30-18-12-28(3,4)13-19(32)25(18)24(23)17-10-20(34-5)26(36-7)21(11-17)35-6/h8-11,14,24,30H,12-13H2,1-7H3,(H,29,31,33)/t24-/m0/s1. The van der Waals surface area contributed by atoms with E-state index in [1.165, 1.54) is 7.11 Å². The molecule has 1 aromatic carbocycles. The topological polar surface area (TPSA) is 98.8 Å². The van der Waals surface area contributed by atoms with Gasteiger partial charge < -0.3 is 24.8 Å². The number of pyridine rings is 1. The number of aromatic nitrogens is 1. The predicted molar refractivity (Wildman–Crippen MR) is 137 cm³/mol. The van der Waals surface area contributed by atoms with Crippen LogP contribution in [0.5, 0.6) is 17.2 Å². The molecule has 2 N–H and O–H groups in total. The quantitative estimate of drug-likeness (QED) is 0.606. The number of hydrogen-bond donors (Lipinski definition) is 2. The van der Waals surface area contributed by atoms with Crippen molar-refractivity contribution in [1.82, 2.24) is 10.3 Å². The Bertz CT molecular complexity index is 1250. The van der Waals surface area contributed by atoms with Gasteiger partial charge in [-0.05, 0) is 55.0 Å². The molecule has 0 radical (unpaired) electrons. The second kappa shape index (κ2) is 9.68. The molecule has 4 rings (SSSR count). The summed E-state index contributed by atoms with van der Waals surface area (Å²) in [5.74, 6) is 0.841. The third kappa shape index (κ3) is 4.67. The van der Waals surface area contributed by atoms with Gasteiger partial charge in [0.2, 0.25) is 5.75 Å². The molecule has 8 nitrogen and oxygen atoms in total. The first-order valence-corrected chi connectivity index (χ1v) is 11.9. The van der Waals surface area contributed by atoms with Crippen molar-refractivity contribution in [3.63, 3.8) is 0 Å². The first-order valence-electron chi connectivity index (χ1n) is 11.9. The number of allylic oxidation sites excluding steroid dienone is 3. The van der Waals surface area contributed by atoms with E-state index in [0.717, 1.165) is 11.3 Å². The summed E-state index contributed by atoms with van der Waals surface area (Å²) in [6.07, 6.45) is 2.78. The van der Waals surface area contributed by atoms with E-state index >= 15 is 0 Å². The highest BCUT2D eigenvalue weighted by molar-refractivity contribution is 6.09. The molecule has 0 unspecified atom stereocenters. The highest BCUT2D eigenvalue weighted by Gasteiger charge is 2.43. The van der Waals surface area contributed by atoms with Crippen LogP contribution in [0.15, 0.2) is 53.0 Å². The minimum absolute atomic E-state index is 0.0127. The normalized spacial score (nSPS) is 18.9. The Morgan fingerprint density at radius 1 is 1.06 bits per heavy atom. The van der Waals surface area contributed by atoms with E-state index < -0.39 is 5.92 Å². The molecule has 1 aliphatic carbocycles. The molecule has 0 spiro atoms. The Labute approximate surface area is 211 Å². The Kier molecular flexibility index (Phi) is 6.80. The molecule has 1 atom stereocenters. The summed E-state index contributed by atoms with van der Waals surface area (Å²) in [4.78, 5) is 31.6. The van der Waals surface area contributed by atoms with Crippen LogP contribution in [0, 0.1) is 12.3 Å². The summed E-state index contributed by atoms with van der Waals surface area (Å²) in [5, 5.41) is 6.29. The van der Waals surface area contributed by atoms with Gasteiger partial charge in [0.25, 0.3) is 5.91 Å². The van der Waals surface area contributed by atoms with Gasteiger partial charge in [-0.3, -0.25) is 9.59 Å². The maximum absolute atomic E-state index is 13.7. The van der Waals surface area contributed by atoms with Gasteiger partial charge in [-0.2, -0.15) is 0 Å². The van der Waals surface area contributed by atoms with E-state index in [9.17, 15) is 9.59 Å². The van der Waals surface area contributed by atoms with Crippen LogP contribution < -0.4 is 24.8 Å². The fraction of sp³-hybridized carbons (Fsp3) is 0.393. The minimum Gasteiger partial charge on any atom is -0.493 e. The number of nitrogens with zero attached hydrogens (tertiary/aromatic N) is 1. The van der Waals surface area contributed by atoms with Crippen molar-refractivity contribution >= 4 is 17.5 Å². The van der Waals surface area contributed by atoms with Crippen molar-refractivity contribution in [2.45, 2.75) is 46.5 Å². The first-order chi connectivity index (χ1) is 17.1. The van der Waals surface area contributed by atoms with Crippen molar-refractivity contribution < 1.29 is 23.8 Å². The average Bonchev–Trinajstić information content (AvgIpc) is 2.82.